The van der Waals surface area contributed by atoms with Gasteiger partial charge in [-0.2, -0.15) is 0 Å². The number of likely N-dealkylation sites (N-methyl/N-ethyl adjacent to an activating group) is 1. The maximum atomic E-state index is 5.80. The van der Waals surface area contributed by atoms with Crippen LogP contribution in [-0.2, 0) is 0 Å². The first kappa shape index (κ1) is 21.8. The number of ether oxygens (including phenoxy) is 3. The van der Waals surface area contributed by atoms with E-state index in [1.807, 2.05) is 36.4 Å². The van der Waals surface area contributed by atoms with Gasteiger partial charge in [0, 0.05) is 30.3 Å². The van der Waals surface area contributed by atoms with Gasteiger partial charge in [0.25, 0.3) is 0 Å². The van der Waals surface area contributed by atoms with Gasteiger partial charge in [0.15, 0.2) is 17.5 Å². The third-order valence-corrected chi connectivity index (χ3v) is 4.90. The number of nitrogens with one attached hydrogen (secondary N) is 2. The molecule has 0 amide bonds. The van der Waals surface area contributed by atoms with Crippen LogP contribution >= 0.6 is 0 Å². The Labute approximate surface area is 179 Å². The Morgan fingerprint density at radius 1 is 1.13 bits per heavy atom. The van der Waals surface area contributed by atoms with Gasteiger partial charge in [-0.3, -0.25) is 4.99 Å². The molecule has 0 bridgehead atoms. The molecular formula is C23H32N4O3. The van der Waals surface area contributed by atoms with Gasteiger partial charge >= 0.3 is 0 Å². The van der Waals surface area contributed by atoms with Crippen LogP contribution in [0.4, 0.5) is 5.69 Å². The Morgan fingerprint density at radius 3 is 2.63 bits per heavy atom. The van der Waals surface area contributed by atoms with Gasteiger partial charge in [-0.25, -0.2) is 0 Å². The molecule has 2 aromatic rings. The van der Waals surface area contributed by atoms with E-state index in [1.54, 1.807) is 7.11 Å². The number of benzene rings is 2. The highest BCUT2D eigenvalue weighted by molar-refractivity contribution is 5.94. The summed E-state index contributed by atoms with van der Waals surface area (Å²) < 4.78 is 17.1. The monoisotopic (exact) mass is 412 g/mol. The van der Waals surface area contributed by atoms with Crippen molar-refractivity contribution in [2.75, 3.05) is 52.8 Å². The van der Waals surface area contributed by atoms with Crippen LogP contribution in [0.25, 0.3) is 0 Å². The number of aliphatic imine (C=N–C) groups is 1. The van der Waals surface area contributed by atoms with Crippen LogP contribution in [0.15, 0.2) is 47.5 Å². The molecule has 2 N–H and O–H groups in total. The largest absolute Gasteiger partial charge is 0.496 e. The summed E-state index contributed by atoms with van der Waals surface area (Å²) in [6, 6.07) is 14.0. The minimum Gasteiger partial charge on any atom is -0.496 e. The molecule has 0 aromatic heterocycles. The lowest BCUT2D eigenvalue weighted by Gasteiger charge is -2.25. The fraction of sp³-hybridized carbons (Fsp3) is 0.435. The number of hydrogen-bond donors (Lipinski definition) is 2. The van der Waals surface area contributed by atoms with Gasteiger partial charge < -0.3 is 29.7 Å². The van der Waals surface area contributed by atoms with Gasteiger partial charge in [0.05, 0.1) is 32.9 Å². The van der Waals surface area contributed by atoms with Crippen LogP contribution in [-0.4, -0.2) is 58.4 Å². The molecule has 1 heterocycles. The zero-order valence-corrected chi connectivity index (χ0v) is 18.3. The van der Waals surface area contributed by atoms with E-state index in [-0.39, 0.29) is 6.04 Å². The molecular weight excluding hydrogens is 380 g/mol. The number of guanidine groups is 1. The van der Waals surface area contributed by atoms with Crippen molar-refractivity contribution in [1.82, 2.24) is 10.2 Å². The molecule has 0 radical (unpaired) electrons. The number of hydrogen-bond acceptors (Lipinski definition) is 5. The van der Waals surface area contributed by atoms with Crippen molar-refractivity contribution in [3.63, 3.8) is 0 Å². The Bertz CT molecular complexity index is 854. The van der Waals surface area contributed by atoms with Crippen LogP contribution in [0.2, 0.25) is 0 Å². The van der Waals surface area contributed by atoms with Crippen molar-refractivity contribution in [2.24, 2.45) is 4.99 Å². The van der Waals surface area contributed by atoms with Gasteiger partial charge in [-0.05, 0) is 39.2 Å². The molecule has 30 heavy (non-hydrogen) atoms. The molecule has 1 atom stereocenters. The number of rotatable bonds is 7. The van der Waals surface area contributed by atoms with E-state index >= 15 is 0 Å². The van der Waals surface area contributed by atoms with Crippen LogP contribution in [0.5, 0.6) is 17.2 Å². The number of para-hydroxylation sites is 1. The van der Waals surface area contributed by atoms with Crippen molar-refractivity contribution in [3.8, 4) is 17.2 Å². The third-order valence-electron chi connectivity index (χ3n) is 4.90. The molecule has 0 saturated heterocycles. The van der Waals surface area contributed by atoms with Gasteiger partial charge in [-0.1, -0.05) is 18.2 Å². The summed E-state index contributed by atoms with van der Waals surface area (Å²) in [5.41, 5.74) is 2.01. The molecule has 1 aliphatic heterocycles. The smallest absolute Gasteiger partial charge is 0.195 e. The highest BCUT2D eigenvalue weighted by atomic mass is 16.5. The molecule has 0 spiro atoms. The molecule has 3 rings (SSSR count). The summed E-state index contributed by atoms with van der Waals surface area (Å²) in [6.45, 7) is 4.73. The summed E-state index contributed by atoms with van der Waals surface area (Å²) in [5.74, 6) is 3.12. The van der Waals surface area contributed by atoms with Gasteiger partial charge in [0.2, 0.25) is 0 Å². The first-order valence-electron chi connectivity index (χ1n) is 10.4. The second-order valence-electron chi connectivity index (χ2n) is 7.28. The zero-order chi connectivity index (χ0) is 21.3. The van der Waals surface area contributed by atoms with E-state index in [0.717, 1.165) is 41.5 Å². The lowest BCUT2D eigenvalue weighted by molar-refractivity contribution is 0.295. The summed E-state index contributed by atoms with van der Waals surface area (Å²) in [5, 5.41) is 6.69. The topological polar surface area (TPSA) is 67.4 Å². The minimum absolute atomic E-state index is 0.0837. The second kappa shape index (κ2) is 10.7. The summed E-state index contributed by atoms with van der Waals surface area (Å²) in [4.78, 5) is 6.99. The predicted octanol–water partition coefficient (Wildman–Crippen LogP) is 3.54. The quantitative estimate of drug-likeness (QED) is 0.536. The molecule has 2 aromatic carbocycles. The standard InChI is InChI=1S/C23H32N4O3/c1-5-24-23(26-17-11-12-21-22(15-17)30-14-8-13-29-21)25-16-19(27(2)3)18-9-6-7-10-20(18)28-4/h6-7,9-12,15,19H,5,8,13-14,16H2,1-4H3,(H2,24,25,26). The fourth-order valence-corrected chi connectivity index (χ4v) is 3.34. The Kier molecular flexibility index (Phi) is 7.79. The molecule has 1 unspecified atom stereocenters. The maximum absolute atomic E-state index is 5.80. The Balaban J connectivity index is 1.78. The predicted molar refractivity (Wildman–Crippen MR) is 121 cm³/mol. The Morgan fingerprint density at radius 2 is 1.90 bits per heavy atom. The van der Waals surface area contributed by atoms with E-state index in [9.17, 15) is 0 Å². The molecule has 7 heteroatoms. The van der Waals surface area contributed by atoms with E-state index in [4.69, 9.17) is 19.2 Å². The number of methoxy groups -OCH3 is 1. The first-order valence-corrected chi connectivity index (χ1v) is 10.4. The average molecular weight is 413 g/mol. The molecule has 7 nitrogen and oxygen atoms in total. The van der Waals surface area contributed by atoms with E-state index in [0.29, 0.717) is 25.7 Å². The van der Waals surface area contributed by atoms with E-state index in [1.165, 1.54) is 0 Å². The van der Waals surface area contributed by atoms with Crippen molar-refractivity contribution in [1.29, 1.82) is 0 Å². The van der Waals surface area contributed by atoms with Crippen molar-refractivity contribution in [2.45, 2.75) is 19.4 Å². The summed E-state index contributed by atoms with van der Waals surface area (Å²) >= 11 is 0. The van der Waals surface area contributed by atoms with E-state index < -0.39 is 0 Å². The van der Waals surface area contributed by atoms with E-state index in [2.05, 4.69) is 42.6 Å². The maximum Gasteiger partial charge on any atom is 0.195 e. The molecule has 1 aliphatic rings. The first-order chi connectivity index (χ1) is 14.6. The number of anilines is 1. The minimum atomic E-state index is 0.0837. The molecule has 0 aliphatic carbocycles. The van der Waals surface area contributed by atoms with Crippen LogP contribution in [0, 0.1) is 0 Å². The zero-order valence-electron chi connectivity index (χ0n) is 18.3. The Hall–Kier alpha value is -2.93. The molecule has 162 valence electrons. The number of nitrogens with zero attached hydrogens (tertiary/aromatic N) is 2. The highest BCUT2D eigenvalue weighted by Gasteiger charge is 2.18. The van der Waals surface area contributed by atoms with Crippen molar-refractivity contribution < 1.29 is 14.2 Å². The van der Waals surface area contributed by atoms with Gasteiger partial charge in [0.1, 0.15) is 5.75 Å². The van der Waals surface area contributed by atoms with Crippen LogP contribution in [0.1, 0.15) is 24.9 Å². The average Bonchev–Trinajstić information content (AvgIpc) is 2.99. The van der Waals surface area contributed by atoms with Crippen molar-refractivity contribution in [3.05, 3.63) is 48.0 Å². The fourth-order valence-electron chi connectivity index (χ4n) is 3.34. The lowest BCUT2D eigenvalue weighted by atomic mass is 10.0. The summed E-state index contributed by atoms with van der Waals surface area (Å²) in [6.07, 6.45) is 0.885. The highest BCUT2D eigenvalue weighted by Crippen LogP contribution is 2.32. The lowest BCUT2D eigenvalue weighted by Crippen LogP contribution is -2.32. The van der Waals surface area contributed by atoms with Crippen molar-refractivity contribution >= 4 is 11.6 Å². The molecule has 0 fully saturated rings. The second-order valence-corrected chi connectivity index (χ2v) is 7.28. The van der Waals surface area contributed by atoms with Gasteiger partial charge in [-0.15, -0.1) is 0 Å². The normalized spacial score (nSPS) is 14.8. The molecule has 0 saturated carbocycles. The number of fused-ring (bicyclic) bond motifs is 1. The third kappa shape index (κ3) is 5.57. The SMILES string of the molecule is CCNC(=NCC(c1ccccc1OC)N(C)C)Nc1ccc2c(c1)OCCCO2. The van der Waals surface area contributed by atoms with Crippen LogP contribution < -0.4 is 24.8 Å². The van der Waals surface area contributed by atoms with Crippen LogP contribution in [0.3, 0.4) is 0 Å². The summed E-state index contributed by atoms with van der Waals surface area (Å²) in [7, 11) is 5.80.